The number of nitrogens with zero attached hydrogens (tertiary/aromatic N) is 2. The zero-order valence-electron chi connectivity index (χ0n) is 11.4. The number of rotatable bonds is 5. The molecule has 0 aromatic heterocycles. The quantitative estimate of drug-likeness (QED) is 0.849. The number of likely N-dealkylation sites (tertiary alicyclic amines) is 1. The second-order valence-electron chi connectivity index (χ2n) is 5.01. The predicted molar refractivity (Wildman–Crippen MR) is 76.1 cm³/mol. The fourth-order valence-corrected chi connectivity index (χ4v) is 2.53. The first-order chi connectivity index (χ1) is 9.72. The van der Waals surface area contributed by atoms with E-state index in [2.05, 4.69) is 10.2 Å². The van der Waals surface area contributed by atoms with Crippen LogP contribution in [0.4, 0.5) is 5.69 Å². The van der Waals surface area contributed by atoms with Crippen molar-refractivity contribution in [3.05, 3.63) is 29.8 Å². The van der Waals surface area contributed by atoms with E-state index >= 15 is 0 Å². The predicted octanol–water partition coefficient (Wildman–Crippen LogP) is 1.34. The van der Waals surface area contributed by atoms with E-state index in [9.17, 15) is 9.90 Å². The van der Waals surface area contributed by atoms with Crippen LogP contribution in [-0.2, 0) is 4.79 Å². The zero-order valence-corrected chi connectivity index (χ0v) is 11.4. The molecule has 1 saturated heterocycles. The Morgan fingerprint density at radius 1 is 1.55 bits per heavy atom. The molecular weight excluding hydrogens is 254 g/mol. The van der Waals surface area contributed by atoms with Gasteiger partial charge in [0.1, 0.15) is 0 Å². The molecular formula is C15H19N3O2. The third-order valence-corrected chi connectivity index (χ3v) is 3.61. The molecule has 0 spiro atoms. The van der Waals surface area contributed by atoms with E-state index in [-0.39, 0.29) is 18.6 Å². The van der Waals surface area contributed by atoms with Gasteiger partial charge < -0.3 is 10.4 Å². The molecule has 1 heterocycles. The molecule has 20 heavy (non-hydrogen) atoms. The number of aliphatic hydroxyl groups excluding tert-OH is 1. The van der Waals surface area contributed by atoms with Gasteiger partial charge in [0.15, 0.2) is 0 Å². The van der Waals surface area contributed by atoms with Gasteiger partial charge >= 0.3 is 0 Å². The summed E-state index contributed by atoms with van der Waals surface area (Å²) in [7, 11) is 0. The van der Waals surface area contributed by atoms with Crippen LogP contribution in [0.15, 0.2) is 24.3 Å². The van der Waals surface area contributed by atoms with E-state index < -0.39 is 0 Å². The Balaban J connectivity index is 1.82. The maximum absolute atomic E-state index is 11.9. The molecule has 0 radical (unpaired) electrons. The number of carbonyl (C=O) groups is 1. The van der Waals surface area contributed by atoms with Crippen LogP contribution in [0.2, 0.25) is 0 Å². The summed E-state index contributed by atoms with van der Waals surface area (Å²) >= 11 is 0. The molecule has 2 N–H and O–H groups in total. The van der Waals surface area contributed by atoms with Gasteiger partial charge in [-0.05, 0) is 37.6 Å². The SMILES string of the molecule is N#Cc1cccc(NC(=O)CCN2CCCC2CO)c1. The van der Waals surface area contributed by atoms with Crippen LogP contribution in [0.1, 0.15) is 24.8 Å². The highest BCUT2D eigenvalue weighted by Crippen LogP contribution is 2.17. The van der Waals surface area contributed by atoms with Crippen LogP contribution < -0.4 is 5.32 Å². The van der Waals surface area contributed by atoms with Crippen LogP contribution in [0, 0.1) is 11.3 Å². The summed E-state index contributed by atoms with van der Waals surface area (Å²) < 4.78 is 0. The van der Waals surface area contributed by atoms with Gasteiger partial charge in [-0.25, -0.2) is 0 Å². The van der Waals surface area contributed by atoms with Gasteiger partial charge in [-0.3, -0.25) is 9.69 Å². The Kier molecular flexibility index (Phi) is 5.10. The summed E-state index contributed by atoms with van der Waals surface area (Å²) in [5, 5.41) is 20.8. The topological polar surface area (TPSA) is 76.4 Å². The molecule has 1 aromatic carbocycles. The monoisotopic (exact) mass is 273 g/mol. The Labute approximate surface area is 118 Å². The number of hydrogen-bond donors (Lipinski definition) is 2. The highest BCUT2D eigenvalue weighted by molar-refractivity contribution is 5.90. The number of aliphatic hydroxyl groups is 1. The van der Waals surface area contributed by atoms with Crippen molar-refractivity contribution < 1.29 is 9.90 Å². The number of hydrogen-bond acceptors (Lipinski definition) is 4. The van der Waals surface area contributed by atoms with Crippen molar-refractivity contribution in [2.24, 2.45) is 0 Å². The molecule has 1 fully saturated rings. The van der Waals surface area contributed by atoms with Gasteiger partial charge in [-0.15, -0.1) is 0 Å². The lowest BCUT2D eigenvalue weighted by Gasteiger charge is -2.22. The van der Waals surface area contributed by atoms with Crippen molar-refractivity contribution in [1.29, 1.82) is 5.26 Å². The van der Waals surface area contributed by atoms with Gasteiger partial charge in [0, 0.05) is 24.7 Å². The Bertz CT molecular complexity index is 510. The smallest absolute Gasteiger partial charge is 0.225 e. The van der Waals surface area contributed by atoms with Gasteiger partial charge in [0.25, 0.3) is 0 Å². The number of carbonyl (C=O) groups excluding carboxylic acids is 1. The molecule has 1 atom stereocenters. The summed E-state index contributed by atoms with van der Waals surface area (Å²) in [6, 6.07) is 9.11. The maximum Gasteiger partial charge on any atom is 0.225 e. The zero-order chi connectivity index (χ0) is 14.4. The van der Waals surface area contributed by atoms with E-state index in [1.54, 1.807) is 24.3 Å². The molecule has 5 nitrogen and oxygen atoms in total. The van der Waals surface area contributed by atoms with Gasteiger partial charge in [-0.2, -0.15) is 5.26 Å². The van der Waals surface area contributed by atoms with Crippen LogP contribution in [-0.4, -0.2) is 41.7 Å². The minimum Gasteiger partial charge on any atom is -0.395 e. The third-order valence-electron chi connectivity index (χ3n) is 3.61. The molecule has 1 aliphatic heterocycles. The van der Waals surface area contributed by atoms with E-state index in [0.717, 1.165) is 19.4 Å². The van der Waals surface area contributed by atoms with Crippen LogP contribution in [0.5, 0.6) is 0 Å². The third kappa shape index (κ3) is 3.80. The van der Waals surface area contributed by atoms with Gasteiger partial charge in [0.05, 0.1) is 18.2 Å². The Hall–Kier alpha value is -1.90. The first kappa shape index (κ1) is 14.5. The van der Waals surface area contributed by atoms with E-state index in [0.29, 0.717) is 24.2 Å². The largest absolute Gasteiger partial charge is 0.395 e. The lowest BCUT2D eigenvalue weighted by atomic mass is 10.2. The van der Waals surface area contributed by atoms with Crippen molar-refractivity contribution in [2.75, 3.05) is 25.0 Å². The second-order valence-corrected chi connectivity index (χ2v) is 5.01. The highest BCUT2D eigenvalue weighted by atomic mass is 16.3. The highest BCUT2D eigenvalue weighted by Gasteiger charge is 2.23. The fraction of sp³-hybridized carbons (Fsp3) is 0.467. The summed E-state index contributed by atoms with van der Waals surface area (Å²) in [5.74, 6) is -0.0660. The molecule has 2 rings (SSSR count). The van der Waals surface area contributed by atoms with Crippen molar-refractivity contribution in [1.82, 2.24) is 4.90 Å². The number of nitriles is 1. The number of amides is 1. The van der Waals surface area contributed by atoms with Gasteiger partial charge in [-0.1, -0.05) is 6.07 Å². The van der Waals surface area contributed by atoms with Crippen molar-refractivity contribution in [2.45, 2.75) is 25.3 Å². The van der Waals surface area contributed by atoms with E-state index in [1.165, 1.54) is 0 Å². The Morgan fingerprint density at radius 2 is 2.40 bits per heavy atom. The number of benzene rings is 1. The van der Waals surface area contributed by atoms with Crippen LogP contribution in [0.25, 0.3) is 0 Å². The van der Waals surface area contributed by atoms with Crippen LogP contribution >= 0.6 is 0 Å². The second kappa shape index (κ2) is 7.04. The molecule has 1 aliphatic rings. The molecule has 0 bridgehead atoms. The van der Waals surface area contributed by atoms with E-state index in [4.69, 9.17) is 5.26 Å². The molecule has 1 amide bonds. The number of nitrogens with one attached hydrogen (secondary N) is 1. The maximum atomic E-state index is 11.9. The average molecular weight is 273 g/mol. The standard InChI is InChI=1S/C15H19N3O2/c16-10-12-3-1-4-13(9-12)17-15(20)6-8-18-7-2-5-14(18)11-19/h1,3-4,9,14,19H,2,5-8,11H2,(H,17,20). The average Bonchev–Trinajstić information content (AvgIpc) is 2.93. The minimum absolute atomic E-state index is 0.0660. The first-order valence-electron chi connectivity index (χ1n) is 6.88. The normalized spacial score (nSPS) is 18.7. The number of anilines is 1. The molecule has 5 heteroatoms. The molecule has 0 aliphatic carbocycles. The van der Waals surface area contributed by atoms with Crippen molar-refractivity contribution in [3.8, 4) is 6.07 Å². The molecule has 0 saturated carbocycles. The molecule has 106 valence electrons. The van der Waals surface area contributed by atoms with Crippen molar-refractivity contribution in [3.63, 3.8) is 0 Å². The summed E-state index contributed by atoms with van der Waals surface area (Å²) in [4.78, 5) is 14.0. The van der Waals surface area contributed by atoms with Gasteiger partial charge in [0.2, 0.25) is 5.91 Å². The lowest BCUT2D eigenvalue weighted by Crippen LogP contribution is -2.34. The van der Waals surface area contributed by atoms with Crippen LogP contribution in [0.3, 0.4) is 0 Å². The summed E-state index contributed by atoms with van der Waals surface area (Å²) in [6.45, 7) is 1.77. The summed E-state index contributed by atoms with van der Waals surface area (Å²) in [5.41, 5.74) is 1.18. The molecule has 1 aromatic rings. The first-order valence-corrected chi connectivity index (χ1v) is 6.88. The lowest BCUT2D eigenvalue weighted by molar-refractivity contribution is -0.116. The van der Waals surface area contributed by atoms with E-state index in [1.807, 2.05) is 6.07 Å². The minimum atomic E-state index is -0.0660. The Morgan fingerprint density at radius 3 is 3.15 bits per heavy atom. The fourth-order valence-electron chi connectivity index (χ4n) is 2.53. The summed E-state index contributed by atoms with van der Waals surface area (Å²) in [6.07, 6.45) is 2.48. The van der Waals surface area contributed by atoms with Crippen molar-refractivity contribution >= 4 is 11.6 Å². The molecule has 1 unspecified atom stereocenters.